The third-order valence-corrected chi connectivity index (χ3v) is 6.15. The molecule has 4 atom stereocenters. The van der Waals surface area contributed by atoms with E-state index in [1.165, 1.54) is 24.3 Å². The zero-order chi connectivity index (χ0) is 28.4. The number of amides is 3. The fraction of sp³-hybridized carbons (Fsp3) is 0.385. The SMILES string of the molecule is CC(C)C(NC(=O)C(N)Cc1ccc(O)cc1)C(=O)NC(Cc1ccc(O)cc1)C(=O)NC(CS)C(=O)O. The molecule has 0 aromatic heterocycles. The molecule has 206 valence electrons. The summed E-state index contributed by atoms with van der Waals surface area (Å²) < 4.78 is 0. The Balaban J connectivity index is 2.17. The van der Waals surface area contributed by atoms with Crippen LogP contribution in [0.5, 0.6) is 11.5 Å². The highest BCUT2D eigenvalue weighted by Gasteiger charge is 2.31. The van der Waals surface area contributed by atoms with E-state index in [1.807, 2.05) is 0 Å². The topological polar surface area (TPSA) is 191 Å². The summed E-state index contributed by atoms with van der Waals surface area (Å²) in [5.74, 6) is -3.69. The molecule has 0 saturated carbocycles. The van der Waals surface area contributed by atoms with Crippen LogP contribution in [0.3, 0.4) is 0 Å². The van der Waals surface area contributed by atoms with Gasteiger partial charge in [0.2, 0.25) is 17.7 Å². The Bertz CT molecular complexity index is 1110. The number of nitrogens with two attached hydrogens (primary N) is 1. The molecule has 2 rings (SSSR count). The average molecular weight is 547 g/mol. The van der Waals surface area contributed by atoms with Crippen LogP contribution < -0.4 is 21.7 Å². The van der Waals surface area contributed by atoms with Crippen molar-refractivity contribution in [1.82, 2.24) is 16.0 Å². The molecule has 0 radical (unpaired) electrons. The maximum Gasteiger partial charge on any atom is 0.327 e. The molecule has 0 fully saturated rings. The van der Waals surface area contributed by atoms with Gasteiger partial charge in [-0.2, -0.15) is 12.6 Å². The van der Waals surface area contributed by atoms with Crippen molar-refractivity contribution < 1.29 is 34.5 Å². The van der Waals surface area contributed by atoms with Gasteiger partial charge in [-0.25, -0.2) is 4.79 Å². The van der Waals surface area contributed by atoms with Crippen molar-refractivity contribution in [2.45, 2.75) is 50.9 Å². The number of aliphatic carboxylic acids is 1. The van der Waals surface area contributed by atoms with Gasteiger partial charge in [0.05, 0.1) is 6.04 Å². The highest BCUT2D eigenvalue weighted by molar-refractivity contribution is 7.80. The molecular formula is C26H34N4O7S. The van der Waals surface area contributed by atoms with Crippen LogP contribution in [-0.2, 0) is 32.0 Å². The third kappa shape index (κ3) is 9.27. The number of nitrogens with one attached hydrogen (secondary N) is 3. The Labute approximate surface area is 226 Å². The van der Waals surface area contributed by atoms with Crippen LogP contribution in [-0.4, -0.2) is 68.9 Å². The van der Waals surface area contributed by atoms with Crippen molar-refractivity contribution >= 4 is 36.3 Å². The lowest BCUT2D eigenvalue weighted by Crippen LogP contribution is -2.59. The minimum atomic E-state index is -1.28. The van der Waals surface area contributed by atoms with Gasteiger partial charge in [-0.05, 0) is 47.7 Å². The molecule has 4 unspecified atom stereocenters. The van der Waals surface area contributed by atoms with E-state index in [4.69, 9.17) is 5.73 Å². The third-order valence-electron chi connectivity index (χ3n) is 5.78. The molecule has 8 N–H and O–H groups in total. The number of hydrogen-bond donors (Lipinski definition) is 8. The van der Waals surface area contributed by atoms with Crippen molar-refractivity contribution in [3.05, 3.63) is 59.7 Å². The predicted molar refractivity (Wildman–Crippen MR) is 144 cm³/mol. The minimum Gasteiger partial charge on any atom is -0.508 e. The zero-order valence-corrected chi connectivity index (χ0v) is 22.0. The number of phenolic OH excluding ortho intramolecular Hbond substituents is 2. The lowest BCUT2D eigenvalue weighted by atomic mass is 9.99. The maximum absolute atomic E-state index is 13.2. The van der Waals surface area contributed by atoms with Gasteiger partial charge in [-0.15, -0.1) is 0 Å². The molecule has 38 heavy (non-hydrogen) atoms. The van der Waals surface area contributed by atoms with E-state index < -0.39 is 47.9 Å². The van der Waals surface area contributed by atoms with Gasteiger partial charge in [-0.1, -0.05) is 38.1 Å². The molecule has 2 aromatic carbocycles. The van der Waals surface area contributed by atoms with E-state index in [1.54, 1.807) is 38.1 Å². The van der Waals surface area contributed by atoms with Gasteiger partial charge in [0.15, 0.2) is 0 Å². The van der Waals surface area contributed by atoms with Crippen LogP contribution in [0.2, 0.25) is 0 Å². The van der Waals surface area contributed by atoms with Crippen LogP contribution in [0.15, 0.2) is 48.5 Å². The fourth-order valence-corrected chi connectivity index (χ4v) is 3.82. The molecular weight excluding hydrogens is 512 g/mol. The van der Waals surface area contributed by atoms with Crippen LogP contribution >= 0.6 is 12.6 Å². The summed E-state index contributed by atoms with van der Waals surface area (Å²) in [6.45, 7) is 3.43. The van der Waals surface area contributed by atoms with E-state index in [2.05, 4.69) is 28.6 Å². The van der Waals surface area contributed by atoms with Crippen LogP contribution in [0.4, 0.5) is 0 Å². The summed E-state index contributed by atoms with van der Waals surface area (Å²) in [5.41, 5.74) is 7.36. The Morgan fingerprint density at radius 2 is 1.24 bits per heavy atom. The Morgan fingerprint density at radius 3 is 1.68 bits per heavy atom. The summed E-state index contributed by atoms with van der Waals surface area (Å²) in [6, 6.07) is 7.74. The van der Waals surface area contributed by atoms with E-state index in [-0.39, 0.29) is 36.0 Å². The van der Waals surface area contributed by atoms with Gasteiger partial charge >= 0.3 is 5.97 Å². The second-order valence-electron chi connectivity index (χ2n) is 9.22. The summed E-state index contributed by atoms with van der Waals surface area (Å²) in [6.07, 6.45) is 0.167. The lowest BCUT2D eigenvalue weighted by Gasteiger charge is -2.27. The Kier molecular flexibility index (Phi) is 11.4. The molecule has 12 heteroatoms. The molecule has 0 bridgehead atoms. The fourth-order valence-electron chi connectivity index (χ4n) is 3.57. The monoisotopic (exact) mass is 546 g/mol. The predicted octanol–water partition coefficient (Wildman–Crippen LogP) is 0.335. The largest absolute Gasteiger partial charge is 0.508 e. The molecule has 0 spiro atoms. The second-order valence-corrected chi connectivity index (χ2v) is 9.59. The standard InChI is InChI=1S/C26H34N4O7S/c1-14(2)22(30-23(33)19(27)11-15-3-7-17(31)8-4-15)25(35)28-20(12-16-5-9-18(32)10-6-16)24(34)29-21(13-38)26(36)37/h3-10,14,19-22,31-32,38H,11-13,27H2,1-2H3,(H,28,35)(H,29,34)(H,30,33)(H,36,37). The first-order chi connectivity index (χ1) is 17.9. The van der Waals surface area contributed by atoms with Crippen LogP contribution in [0.25, 0.3) is 0 Å². The zero-order valence-electron chi connectivity index (χ0n) is 21.1. The molecule has 0 aliphatic rings. The van der Waals surface area contributed by atoms with E-state index in [0.717, 1.165) is 5.56 Å². The first-order valence-corrected chi connectivity index (χ1v) is 12.6. The Morgan fingerprint density at radius 1 is 0.763 bits per heavy atom. The number of hydrogen-bond acceptors (Lipinski definition) is 8. The smallest absolute Gasteiger partial charge is 0.327 e. The van der Waals surface area contributed by atoms with Gasteiger partial charge in [0, 0.05) is 12.2 Å². The maximum atomic E-state index is 13.2. The second kappa shape index (κ2) is 14.2. The van der Waals surface area contributed by atoms with Crippen molar-refractivity contribution in [2.75, 3.05) is 5.75 Å². The van der Waals surface area contributed by atoms with Crippen molar-refractivity contribution in [2.24, 2.45) is 11.7 Å². The van der Waals surface area contributed by atoms with Crippen molar-refractivity contribution in [1.29, 1.82) is 0 Å². The van der Waals surface area contributed by atoms with Gasteiger partial charge in [-0.3, -0.25) is 14.4 Å². The first kappa shape index (κ1) is 30.5. The summed E-state index contributed by atoms with van der Waals surface area (Å²) in [7, 11) is 0. The molecule has 2 aromatic rings. The van der Waals surface area contributed by atoms with Crippen LogP contribution in [0, 0.1) is 5.92 Å². The summed E-state index contributed by atoms with van der Waals surface area (Å²) >= 11 is 3.95. The van der Waals surface area contributed by atoms with Crippen molar-refractivity contribution in [3.63, 3.8) is 0 Å². The van der Waals surface area contributed by atoms with Crippen LogP contribution in [0.1, 0.15) is 25.0 Å². The number of carbonyl (C=O) groups excluding carboxylic acids is 3. The van der Waals surface area contributed by atoms with E-state index in [0.29, 0.717) is 5.56 Å². The molecule has 0 aliphatic carbocycles. The minimum absolute atomic E-state index is 0.00408. The number of carbonyl (C=O) groups is 4. The highest BCUT2D eigenvalue weighted by atomic mass is 32.1. The van der Waals surface area contributed by atoms with E-state index >= 15 is 0 Å². The normalized spacial score (nSPS) is 14.1. The number of benzene rings is 2. The average Bonchev–Trinajstić information content (AvgIpc) is 2.87. The van der Waals surface area contributed by atoms with Crippen molar-refractivity contribution in [3.8, 4) is 11.5 Å². The van der Waals surface area contributed by atoms with Gasteiger partial charge in [0.25, 0.3) is 0 Å². The summed E-state index contributed by atoms with van der Waals surface area (Å²) in [4.78, 5) is 50.4. The number of thiol groups is 1. The lowest BCUT2D eigenvalue weighted by molar-refractivity contribution is -0.141. The number of rotatable bonds is 13. The number of carboxylic acid groups (broad SMARTS) is 1. The summed E-state index contributed by atoms with van der Waals surface area (Å²) in [5, 5.41) is 35.9. The van der Waals surface area contributed by atoms with E-state index in [9.17, 15) is 34.5 Å². The van der Waals surface area contributed by atoms with Gasteiger partial charge in [0.1, 0.15) is 29.6 Å². The molecule has 0 saturated heterocycles. The number of aromatic hydroxyl groups is 2. The molecule has 11 nitrogen and oxygen atoms in total. The number of carboxylic acids is 1. The number of phenols is 2. The molecule has 0 heterocycles. The van der Waals surface area contributed by atoms with Gasteiger partial charge < -0.3 is 37.0 Å². The molecule has 0 aliphatic heterocycles. The first-order valence-electron chi connectivity index (χ1n) is 12.0. The molecule has 3 amide bonds. The highest BCUT2D eigenvalue weighted by Crippen LogP contribution is 2.13. The Hall–Kier alpha value is -3.77. The quantitative estimate of drug-likeness (QED) is 0.165.